The fourth-order valence-electron chi connectivity index (χ4n) is 1.74. The standard InChI is InChI=1S/C13H20ClN3O2/c1-3-6-13(2,9-18)17-12(19)16-8-10-4-5-11(14)15-7-10/h4-5,7,18H,3,6,8-9H2,1-2H3,(H2,16,17,19). The molecule has 1 rings (SSSR count). The molecule has 0 aromatic carbocycles. The molecule has 3 N–H and O–H groups in total. The summed E-state index contributed by atoms with van der Waals surface area (Å²) in [5.74, 6) is 0. The first kappa shape index (κ1) is 15.7. The van der Waals surface area contributed by atoms with Crippen molar-refractivity contribution >= 4 is 17.6 Å². The van der Waals surface area contributed by atoms with Crippen LogP contribution in [0.15, 0.2) is 18.3 Å². The Hall–Kier alpha value is -1.33. The molecule has 1 aromatic heterocycles. The van der Waals surface area contributed by atoms with Crippen LogP contribution in [0.4, 0.5) is 4.79 Å². The van der Waals surface area contributed by atoms with Gasteiger partial charge in [0.05, 0.1) is 12.1 Å². The molecule has 0 fully saturated rings. The molecule has 0 saturated heterocycles. The van der Waals surface area contributed by atoms with Crippen LogP contribution in [-0.2, 0) is 6.54 Å². The second kappa shape index (κ2) is 7.31. The Labute approximate surface area is 118 Å². The molecular formula is C13H20ClN3O2. The van der Waals surface area contributed by atoms with E-state index < -0.39 is 5.54 Å². The summed E-state index contributed by atoms with van der Waals surface area (Å²) in [6.07, 6.45) is 3.22. The Morgan fingerprint density at radius 3 is 2.79 bits per heavy atom. The van der Waals surface area contributed by atoms with E-state index in [1.165, 1.54) is 0 Å². The minimum absolute atomic E-state index is 0.0865. The third kappa shape index (κ3) is 5.44. The Bertz CT molecular complexity index is 411. The van der Waals surface area contributed by atoms with Gasteiger partial charge < -0.3 is 15.7 Å². The number of urea groups is 1. The van der Waals surface area contributed by atoms with E-state index in [-0.39, 0.29) is 12.6 Å². The van der Waals surface area contributed by atoms with E-state index in [2.05, 4.69) is 15.6 Å². The van der Waals surface area contributed by atoms with Crippen molar-refractivity contribution in [3.05, 3.63) is 29.0 Å². The van der Waals surface area contributed by atoms with Gasteiger partial charge >= 0.3 is 6.03 Å². The first-order valence-corrected chi connectivity index (χ1v) is 6.64. The number of nitrogens with zero attached hydrogens (tertiary/aromatic N) is 1. The lowest BCUT2D eigenvalue weighted by Crippen LogP contribution is -2.52. The van der Waals surface area contributed by atoms with Gasteiger partial charge in [0, 0.05) is 12.7 Å². The fourth-order valence-corrected chi connectivity index (χ4v) is 1.86. The molecule has 1 unspecified atom stereocenters. The number of halogens is 1. The number of nitrogens with one attached hydrogen (secondary N) is 2. The lowest BCUT2D eigenvalue weighted by Gasteiger charge is -2.28. The average molecular weight is 286 g/mol. The summed E-state index contributed by atoms with van der Waals surface area (Å²) in [7, 11) is 0. The zero-order chi connectivity index (χ0) is 14.3. The van der Waals surface area contributed by atoms with Gasteiger partial charge in [-0.15, -0.1) is 0 Å². The molecule has 19 heavy (non-hydrogen) atoms. The first-order valence-electron chi connectivity index (χ1n) is 6.26. The van der Waals surface area contributed by atoms with E-state index in [1.807, 2.05) is 13.8 Å². The second-order valence-corrected chi connectivity index (χ2v) is 5.15. The minimum Gasteiger partial charge on any atom is -0.394 e. The minimum atomic E-state index is -0.586. The summed E-state index contributed by atoms with van der Waals surface area (Å²) < 4.78 is 0. The van der Waals surface area contributed by atoms with Gasteiger partial charge in [0.25, 0.3) is 0 Å². The average Bonchev–Trinajstić information content (AvgIpc) is 2.38. The van der Waals surface area contributed by atoms with Gasteiger partial charge in [0.2, 0.25) is 0 Å². The van der Waals surface area contributed by atoms with Crippen molar-refractivity contribution in [1.29, 1.82) is 0 Å². The molecule has 6 heteroatoms. The highest BCUT2D eigenvalue weighted by Gasteiger charge is 2.24. The lowest BCUT2D eigenvalue weighted by molar-refractivity contribution is 0.163. The van der Waals surface area contributed by atoms with Gasteiger partial charge in [-0.05, 0) is 25.0 Å². The molecule has 1 atom stereocenters. The molecule has 0 saturated carbocycles. The molecular weight excluding hydrogens is 266 g/mol. The number of aliphatic hydroxyl groups is 1. The van der Waals surface area contributed by atoms with Crippen LogP contribution in [0.3, 0.4) is 0 Å². The molecule has 0 bridgehead atoms. The van der Waals surface area contributed by atoms with Gasteiger partial charge in [-0.1, -0.05) is 31.0 Å². The molecule has 1 aromatic rings. The first-order chi connectivity index (χ1) is 8.99. The number of pyridine rings is 1. The van der Waals surface area contributed by atoms with Crippen molar-refractivity contribution in [2.45, 2.75) is 38.8 Å². The van der Waals surface area contributed by atoms with Crippen molar-refractivity contribution < 1.29 is 9.90 Å². The molecule has 1 heterocycles. The van der Waals surface area contributed by atoms with Gasteiger partial charge in [-0.3, -0.25) is 0 Å². The zero-order valence-corrected chi connectivity index (χ0v) is 12.0. The number of rotatable bonds is 6. The van der Waals surface area contributed by atoms with Crippen LogP contribution in [0, 0.1) is 0 Å². The quantitative estimate of drug-likeness (QED) is 0.701. The van der Waals surface area contributed by atoms with Gasteiger partial charge in [-0.25, -0.2) is 9.78 Å². The third-order valence-electron chi connectivity index (χ3n) is 2.81. The Morgan fingerprint density at radius 2 is 2.26 bits per heavy atom. The van der Waals surface area contributed by atoms with E-state index >= 15 is 0 Å². The number of aliphatic hydroxyl groups excluding tert-OH is 1. The van der Waals surface area contributed by atoms with Crippen LogP contribution in [0.5, 0.6) is 0 Å². The van der Waals surface area contributed by atoms with E-state index in [0.29, 0.717) is 11.7 Å². The predicted molar refractivity (Wildman–Crippen MR) is 75.0 cm³/mol. The smallest absolute Gasteiger partial charge is 0.315 e. The summed E-state index contributed by atoms with van der Waals surface area (Å²) in [4.78, 5) is 15.7. The topological polar surface area (TPSA) is 74.2 Å². The number of amides is 2. The molecule has 5 nitrogen and oxygen atoms in total. The van der Waals surface area contributed by atoms with Crippen molar-refractivity contribution in [2.75, 3.05) is 6.61 Å². The molecule has 0 radical (unpaired) electrons. The van der Waals surface area contributed by atoms with Crippen LogP contribution >= 0.6 is 11.6 Å². The highest BCUT2D eigenvalue weighted by molar-refractivity contribution is 6.29. The van der Waals surface area contributed by atoms with Gasteiger partial charge in [0.1, 0.15) is 5.15 Å². The highest BCUT2D eigenvalue weighted by Crippen LogP contribution is 2.11. The summed E-state index contributed by atoms with van der Waals surface area (Å²) in [6, 6.07) is 3.16. The predicted octanol–water partition coefficient (Wildman–Crippen LogP) is 2.09. The Kier molecular flexibility index (Phi) is 6.05. The normalized spacial score (nSPS) is 13.7. The maximum atomic E-state index is 11.8. The highest BCUT2D eigenvalue weighted by atomic mass is 35.5. The maximum Gasteiger partial charge on any atom is 0.315 e. The second-order valence-electron chi connectivity index (χ2n) is 4.77. The molecule has 0 spiro atoms. The Balaban J connectivity index is 2.45. The number of carbonyl (C=O) groups is 1. The lowest BCUT2D eigenvalue weighted by atomic mass is 9.98. The number of aromatic nitrogens is 1. The van der Waals surface area contributed by atoms with Crippen molar-refractivity contribution in [3.63, 3.8) is 0 Å². The van der Waals surface area contributed by atoms with Crippen LogP contribution in [0.2, 0.25) is 5.15 Å². The van der Waals surface area contributed by atoms with E-state index in [1.54, 1.807) is 18.3 Å². The summed E-state index contributed by atoms with van der Waals surface area (Å²) >= 11 is 5.68. The molecule has 106 valence electrons. The maximum absolute atomic E-state index is 11.8. The van der Waals surface area contributed by atoms with Crippen LogP contribution in [-0.4, -0.2) is 28.3 Å². The van der Waals surface area contributed by atoms with Crippen LogP contribution in [0.1, 0.15) is 32.3 Å². The van der Waals surface area contributed by atoms with E-state index in [0.717, 1.165) is 18.4 Å². The summed E-state index contributed by atoms with van der Waals surface area (Å²) in [5, 5.41) is 15.2. The van der Waals surface area contributed by atoms with E-state index in [9.17, 15) is 9.90 Å². The monoisotopic (exact) mass is 285 g/mol. The van der Waals surface area contributed by atoms with Crippen molar-refractivity contribution in [3.8, 4) is 0 Å². The van der Waals surface area contributed by atoms with Crippen LogP contribution < -0.4 is 10.6 Å². The van der Waals surface area contributed by atoms with Gasteiger partial charge in [0.15, 0.2) is 0 Å². The Morgan fingerprint density at radius 1 is 1.53 bits per heavy atom. The molecule has 0 aliphatic carbocycles. The summed E-state index contributed by atoms with van der Waals surface area (Å²) in [5.41, 5.74) is 0.276. The molecule has 0 aliphatic heterocycles. The molecule has 0 aliphatic rings. The SMILES string of the molecule is CCCC(C)(CO)NC(=O)NCc1ccc(Cl)nc1. The number of carbonyl (C=O) groups excluding carboxylic acids is 1. The van der Waals surface area contributed by atoms with E-state index in [4.69, 9.17) is 11.6 Å². The number of hydrogen-bond donors (Lipinski definition) is 3. The third-order valence-corrected chi connectivity index (χ3v) is 3.03. The zero-order valence-electron chi connectivity index (χ0n) is 11.2. The largest absolute Gasteiger partial charge is 0.394 e. The molecule has 2 amide bonds. The number of hydrogen-bond acceptors (Lipinski definition) is 3. The van der Waals surface area contributed by atoms with Gasteiger partial charge in [-0.2, -0.15) is 0 Å². The summed E-state index contributed by atoms with van der Waals surface area (Å²) in [6.45, 7) is 4.10. The fraction of sp³-hybridized carbons (Fsp3) is 0.538. The van der Waals surface area contributed by atoms with Crippen molar-refractivity contribution in [1.82, 2.24) is 15.6 Å². The van der Waals surface area contributed by atoms with Crippen LogP contribution in [0.25, 0.3) is 0 Å². The van der Waals surface area contributed by atoms with Crippen molar-refractivity contribution in [2.24, 2.45) is 0 Å².